The Morgan fingerprint density at radius 2 is 1.92 bits per heavy atom. The predicted octanol–water partition coefficient (Wildman–Crippen LogP) is 2.97. The molecule has 1 heterocycles. The minimum Gasteiger partial charge on any atom is -0.484 e. The number of anilines is 2. The van der Waals surface area contributed by atoms with Gasteiger partial charge in [-0.1, -0.05) is 12.1 Å². The van der Waals surface area contributed by atoms with Crippen LogP contribution in [0.25, 0.3) is 0 Å². The van der Waals surface area contributed by atoms with Gasteiger partial charge in [-0.25, -0.2) is 4.39 Å². The van der Waals surface area contributed by atoms with Crippen LogP contribution in [0, 0.1) is 5.82 Å². The van der Waals surface area contributed by atoms with E-state index in [9.17, 15) is 14.0 Å². The molecular formula is C18H17FN2O3. The van der Waals surface area contributed by atoms with Gasteiger partial charge in [0.05, 0.1) is 5.69 Å². The van der Waals surface area contributed by atoms with E-state index in [1.54, 1.807) is 41.3 Å². The predicted molar refractivity (Wildman–Crippen MR) is 88.6 cm³/mol. The molecule has 6 heteroatoms. The summed E-state index contributed by atoms with van der Waals surface area (Å²) in [6, 6.07) is 12.9. The number of halogens is 1. The topological polar surface area (TPSA) is 58.6 Å². The van der Waals surface area contributed by atoms with Crippen LogP contribution in [-0.4, -0.2) is 25.0 Å². The molecule has 3 rings (SSSR count). The highest BCUT2D eigenvalue weighted by molar-refractivity contribution is 5.95. The average molecular weight is 328 g/mol. The van der Waals surface area contributed by atoms with Gasteiger partial charge in [0.2, 0.25) is 5.91 Å². The second-order valence-corrected chi connectivity index (χ2v) is 5.46. The van der Waals surface area contributed by atoms with E-state index in [0.29, 0.717) is 12.2 Å². The van der Waals surface area contributed by atoms with Crippen molar-refractivity contribution in [3.63, 3.8) is 0 Å². The molecule has 0 saturated carbocycles. The zero-order valence-corrected chi connectivity index (χ0v) is 13.0. The summed E-state index contributed by atoms with van der Waals surface area (Å²) in [7, 11) is 0. The zero-order valence-electron chi connectivity index (χ0n) is 13.0. The number of hydrogen-bond acceptors (Lipinski definition) is 3. The number of para-hydroxylation sites is 1. The van der Waals surface area contributed by atoms with Crippen molar-refractivity contribution < 1.29 is 18.7 Å². The minimum absolute atomic E-state index is 0.118. The van der Waals surface area contributed by atoms with Crippen molar-refractivity contribution >= 4 is 23.2 Å². The SMILES string of the molecule is O=C(COc1ccc(N2CCCC2=O)cc1)Nc1ccccc1F. The van der Waals surface area contributed by atoms with E-state index in [0.717, 1.165) is 18.7 Å². The first kappa shape index (κ1) is 16.0. The van der Waals surface area contributed by atoms with Gasteiger partial charge in [0.1, 0.15) is 11.6 Å². The van der Waals surface area contributed by atoms with Crippen molar-refractivity contribution in [3.05, 3.63) is 54.3 Å². The molecule has 24 heavy (non-hydrogen) atoms. The Balaban J connectivity index is 1.54. The van der Waals surface area contributed by atoms with Crippen LogP contribution in [0.1, 0.15) is 12.8 Å². The molecule has 1 fully saturated rings. The lowest BCUT2D eigenvalue weighted by molar-refractivity contribution is -0.118. The molecule has 0 bridgehead atoms. The van der Waals surface area contributed by atoms with Gasteiger partial charge in [-0.2, -0.15) is 0 Å². The monoisotopic (exact) mass is 328 g/mol. The summed E-state index contributed by atoms with van der Waals surface area (Å²) in [4.78, 5) is 25.2. The molecule has 1 saturated heterocycles. The molecule has 2 amide bonds. The quantitative estimate of drug-likeness (QED) is 0.918. The molecule has 1 aliphatic rings. The number of benzene rings is 2. The molecule has 2 aromatic rings. The number of nitrogens with one attached hydrogen (secondary N) is 1. The lowest BCUT2D eigenvalue weighted by Crippen LogP contribution is -2.23. The summed E-state index contributed by atoms with van der Waals surface area (Å²) in [5.41, 5.74) is 0.939. The molecule has 0 radical (unpaired) electrons. The van der Waals surface area contributed by atoms with Crippen LogP contribution >= 0.6 is 0 Å². The fraction of sp³-hybridized carbons (Fsp3) is 0.222. The summed E-state index contributed by atoms with van der Waals surface area (Å²) < 4.78 is 18.8. The number of carbonyl (C=O) groups is 2. The van der Waals surface area contributed by atoms with Crippen LogP contribution in [0.3, 0.4) is 0 Å². The third-order valence-electron chi connectivity index (χ3n) is 3.74. The van der Waals surface area contributed by atoms with Gasteiger partial charge < -0.3 is 15.0 Å². The molecule has 0 spiro atoms. The Morgan fingerprint density at radius 1 is 1.17 bits per heavy atom. The summed E-state index contributed by atoms with van der Waals surface area (Å²) in [6.45, 7) is 0.500. The third kappa shape index (κ3) is 3.71. The van der Waals surface area contributed by atoms with Crippen LogP contribution in [0.15, 0.2) is 48.5 Å². The summed E-state index contributed by atoms with van der Waals surface area (Å²) in [5, 5.41) is 2.45. The summed E-state index contributed by atoms with van der Waals surface area (Å²) >= 11 is 0. The average Bonchev–Trinajstić information content (AvgIpc) is 3.02. The van der Waals surface area contributed by atoms with E-state index in [2.05, 4.69) is 5.32 Å². The van der Waals surface area contributed by atoms with Crippen molar-refractivity contribution in [2.24, 2.45) is 0 Å². The van der Waals surface area contributed by atoms with Crippen LogP contribution in [-0.2, 0) is 9.59 Å². The lowest BCUT2D eigenvalue weighted by Gasteiger charge is -2.16. The first-order chi connectivity index (χ1) is 11.6. The third-order valence-corrected chi connectivity index (χ3v) is 3.74. The summed E-state index contributed by atoms with van der Waals surface area (Å²) in [6.07, 6.45) is 1.45. The Labute approximate surface area is 139 Å². The van der Waals surface area contributed by atoms with Gasteiger partial charge in [0, 0.05) is 18.7 Å². The second kappa shape index (κ2) is 7.12. The molecule has 2 aromatic carbocycles. The molecule has 0 aliphatic carbocycles. The fourth-order valence-corrected chi connectivity index (χ4v) is 2.54. The number of ether oxygens (including phenoxy) is 1. The van der Waals surface area contributed by atoms with Crippen molar-refractivity contribution in [2.45, 2.75) is 12.8 Å². The number of rotatable bonds is 5. The first-order valence-electron chi connectivity index (χ1n) is 7.71. The Hall–Kier alpha value is -2.89. The van der Waals surface area contributed by atoms with Crippen molar-refractivity contribution in [1.29, 1.82) is 0 Å². The van der Waals surface area contributed by atoms with Gasteiger partial charge in [-0.15, -0.1) is 0 Å². The molecule has 5 nitrogen and oxygen atoms in total. The Kier molecular flexibility index (Phi) is 4.74. The van der Waals surface area contributed by atoms with Gasteiger partial charge >= 0.3 is 0 Å². The molecule has 0 aromatic heterocycles. The van der Waals surface area contributed by atoms with Crippen molar-refractivity contribution in [1.82, 2.24) is 0 Å². The van der Waals surface area contributed by atoms with E-state index in [1.807, 2.05) is 0 Å². The smallest absolute Gasteiger partial charge is 0.262 e. The van der Waals surface area contributed by atoms with Gasteiger partial charge in [0.15, 0.2) is 6.61 Å². The fourth-order valence-electron chi connectivity index (χ4n) is 2.54. The van der Waals surface area contributed by atoms with E-state index in [4.69, 9.17) is 4.74 Å². The van der Waals surface area contributed by atoms with E-state index < -0.39 is 11.7 Å². The molecule has 124 valence electrons. The van der Waals surface area contributed by atoms with Crippen LogP contribution < -0.4 is 15.0 Å². The van der Waals surface area contributed by atoms with Crippen LogP contribution in [0.4, 0.5) is 15.8 Å². The largest absolute Gasteiger partial charge is 0.484 e. The molecule has 0 atom stereocenters. The van der Waals surface area contributed by atoms with Gasteiger partial charge in [-0.05, 0) is 42.8 Å². The van der Waals surface area contributed by atoms with Crippen LogP contribution in [0.2, 0.25) is 0 Å². The number of hydrogen-bond donors (Lipinski definition) is 1. The molecular weight excluding hydrogens is 311 g/mol. The zero-order chi connectivity index (χ0) is 16.9. The molecule has 1 N–H and O–H groups in total. The number of nitrogens with zero attached hydrogens (tertiary/aromatic N) is 1. The van der Waals surface area contributed by atoms with Crippen LogP contribution in [0.5, 0.6) is 5.75 Å². The standard InChI is InChI=1S/C18H17FN2O3/c19-15-4-1-2-5-16(15)20-17(22)12-24-14-9-7-13(8-10-14)21-11-3-6-18(21)23/h1-2,4-5,7-10H,3,6,11-12H2,(H,20,22). The van der Waals surface area contributed by atoms with E-state index in [1.165, 1.54) is 12.1 Å². The van der Waals surface area contributed by atoms with E-state index >= 15 is 0 Å². The van der Waals surface area contributed by atoms with Gasteiger partial charge in [0.25, 0.3) is 5.91 Å². The maximum Gasteiger partial charge on any atom is 0.262 e. The Bertz CT molecular complexity index is 746. The Morgan fingerprint density at radius 3 is 2.58 bits per heavy atom. The lowest BCUT2D eigenvalue weighted by atomic mass is 10.3. The van der Waals surface area contributed by atoms with Crippen molar-refractivity contribution in [3.8, 4) is 5.75 Å². The summed E-state index contributed by atoms with van der Waals surface area (Å²) in [5.74, 6) is -0.314. The highest BCUT2D eigenvalue weighted by Gasteiger charge is 2.21. The maximum atomic E-state index is 13.4. The first-order valence-corrected chi connectivity index (χ1v) is 7.71. The van der Waals surface area contributed by atoms with Gasteiger partial charge in [-0.3, -0.25) is 9.59 Å². The number of carbonyl (C=O) groups excluding carboxylic acids is 2. The highest BCUT2D eigenvalue weighted by atomic mass is 19.1. The normalized spacial score (nSPS) is 13.9. The second-order valence-electron chi connectivity index (χ2n) is 5.46. The van der Waals surface area contributed by atoms with E-state index in [-0.39, 0.29) is 18.2 Å². The maximum absolute atomic E-state index is 13.4. The molecule has 1 aliphatic heterocycles. The number of amides is 2. The minimum atomic E-state index is -0.495. The van der Waals surface area contributed by atoms with Crippen molar-refractivity contribution in [2.75, 3.05) is 23.4 Å². The molecule has 0 unspecified atom stereocenters. The highest BCUT2D eigenvalue weighted by Crippen LogP contribution is 2.23.